The molecule has 2 aliphatic heterocycles. The molecule has 0 aromatic heterocycles. The van der Waals surface area contributed by atoms with Crippen molar-refractivity contribution in [3.05, 3.63) is 29.8 Å². The number of ether oxygens (including phenoxy) is 2. The van der Waals surface area contributed by atoms with Crippen molar-refractivity contribution in [3.8, 4) is 5.75 Å². The monoisotopic (exact) mass is 429 g/mol. The molecule has 2 heterocycles. The number of imide groups is 1. The summed E-state index contributed by atoms with van der Waals surface area (Å²) in [6, 6.07) is 8.07. The van der Waals surface area contributed by atoms with E-state index in [0.717, 1.165) is 43.7 Å². The van der Waals surface area contributed by atoms with Crippen LogP contribution in [0.5, 0.6) is 5.75 Å². The maximum Gasteiger partial charge on any atom is 0.327 e. The van der Waals surface area contributed by atoms with Gasteiger partial charge in [-0.25, -0.2) is 4.79 Å². The van der Waals surface area contributed by atoms with Crippen LogP contribution in [0.3, 0.4) is 0 Å². The summed E-state index contributed by atoms with van der Waals surface area (Å²) in [6.45, 7) is 3.22. The van der Waals surface area contributed by atoms with Crippen LogP contribution < -0.4 is 4.74 Å². The highest BCUT2D eigenvalue weighted by Gasteiger charge is 2.57. The van der Waals surface area contributed by atoms with Crippen LogP contribution in [0.15, 0.2) is 24.3 Å². The lowest BCUT2D eigenvalue weighted by atomic mass is 9.85. The molecule has 3 amide bonds. The molecule has 7 heteroatoms. The van der Waals surface area contributed by atoms with Gasteiger partial charge in [-0.2, -0.15) is 0 Å². The highest BCUT2D eigenvalue weighted by atomic mass is 16.5. The summed E-state index contributed by atoms with van der Waals surface area (Å²) < 4.78 is 10.4. The lowest BCUT2D eigenvalue weighted by Crippen LogP contribution is -2.58. The summed E-state index contributed by atoms with van der Waals surface area (Å²) in [6.07, 6.45) is 7.33. The molecule has 1 spiro atoms. The summed E-state index contributed by atoms with van der Waals surface area (Å²) >= 11 is 0. The molecule has 0 atom stereocenters. The van der Waals surface area contributed by atoms with Gasteiger partial charge in [-0.1, -0.05) is 25.0 Å². The number of urea groups is 1. The molecule has 31 heavy (non-hydrogen) atoms. The van der Waals surface area contributed by atoms with Crippen LogP contribution in [-0.4, -0.2) is 78.7 Å². The first-order chi connectivity index (χ1) is 15.1. The number of likely N-dealkylation sites (tertiary alicyclic amines) is 1. The molecule has 170 valence electrons. The summed E-state index contributed by atoms with van der Waals surface area (Å²) in [5, 5.41) is 0. The van der Waals surface area contributed by atoms with Gasteiger partial charge in [0.15, 0.2) is 0 Å². The first-order valence-corrected chi connectivity index (χ1v) is 11.6. The molecule has 4 rings (SSSR count). The molecule has 1 aromatic rings. The minimum absolute atomic E-state index is 0.0307. The molecular weight excluding hydrogens is 394 g/mol. The van der Waals surface area contributed by atoms with Crippen molar-refractivity contribution in [1.82, 2.24) is 14.7 Å². The van der Waals surface area contributed by atoms with E-state index < -0.39 is 5.54 Å². The van der Waals surface area contributed by atoms with E-state index in [9.17, 15) is 9.59 Å². The van der Waals surface area contributed by atoms with Gasteiger partial charge in [0.1, 0.15) is 11.3 Å². The molecule has 2 saturated heterocycles. The normalized spacial score (nSPS) is 22.1. The number of carbonyl (C=O) groups excluding carboxylic acids is 2. The molecule has 7 nitrogen and oxygen atoms in total. The van der Waals surface area contributed by atoms with Gasteiger partial charge in [0.05, 0.1) is 13.7 Å². The fraction of sp³-hybridized carbons (Fsp3) is 0.667. The highest BCUT2D eigenvalue weighted by molar-refractivity contribution is 6.07. The fourth-order valence-corrected chi connectivity index (χ4v) is 5.52. The third-order valence-corrected chi connectivity index (χ3v) is 7.32. The van der Waals surface area contributed by atoms with E-state index in [1.807, 2.05) is 29.2 Å². The van der Waals surface area contributed by atoms with E-state index in [-0.39, 0.29) is 11.9 Å². The lowest BCUT2D eigenvalue weighted by Gasteiger charge is -2.44. The minimum atomic E-state index is -0.702. The Labute approximate surface area is 185 Å². The second kappa shape index (κ2) is 9.57. The van der Waals surface area contributed by atoms with Gasteiger partial charge in [-0.05, 0) is 49.8 Å². The Bertz CT molecular complexity index is 768. The zero-order chi connectivity index (χ0) is 21.8. The van der Waals surface area contributed by atoms with E-state index in [1.54, 1.807) is 14.2 Å². The predicted octanol–water partition coefficient (Wildman–Crippen LogP) is 3.27. The molecule has 0 N–H and O–H groups in total. The molecule has 0 bridgehead atoms. The summed E-state index contributed by atoms with van der Waals surface area (Å²) in [7, 11) is 3.30. The SMILES string of the molecule is COCCCN1C(=O)N(Cc2ccc(OC)cc2)C(=O)C12CCN(C1CCCC1)CC2. The predicted molar refractivity (Wildman–Crippen MR) is 118 cm³/mol. The van der Waals surface area contributed by atoms with E-state index >= 15 is 0 Å². The second-order valence-corrected chi connectivity index (χ2v) is 9.03. The van der Waals surface area contributed by atoms with E-state index in [4.69, 9.17) is 9.47 Å². The lowest BCUT2D eigenvalue weighted by molar-refractivity contribution is -0.136. The van der Waals surface area contributed by atoms with Gasteiger partial charge in [0.25, 0.3) is 5.91 Å². The van der Waals surface area contributed by atoms with Crippen LogP contribution in [-0.2, 0) is 16.1 Å². The van der Waals surface area contributed by atoms with Crippen molar-refractivity contribution >= 4 is 11.9 Å². The van der Waals surface area contributed by atoms with Gasteiger partial charge in [0, 0.05) is 39.4 Å². The highest BCUT2D eigenvalue weighted by Crippen LogP contribution is 2.39. The van der Waals surface area contributed by atoms with Crippen molar-refractivity contribution in [2.45, 2.75) is 63.1 Å². The number of carbonyl (C=O) groups is 2. The molecular formula is C24H35N3O4. The van der Waals surface area contributed by atoms with Gasteiger partial charge < -0.3 is 19.3 Å². The van der Waals surface area contributed by atoms with E-state index in [1.165, 1.54) is 30.6 Å². The van der Waals surface area contributed by atoms with Crippen LogP contribution in [0.2, 0.25) is 0 Å². The number of piperidine rings is 1. The van der Waals surface area contributed by atoms with Crippen molar-refractivity contribution in [2.24, 2.45) is 0 Å². The maximum absolute atomic E-state index is 13.7. The van der Waals surface area contributed by atoms with Crippen LogP contribution in [0, 0.1) is 0 Å². The molecule has 3 fully saturated rings. The largest absolute Gasteiger partial charge is 0.497 e. The topological polar surface area (TPSA) is 62.3 Å². The summed E-state index contributed by atoms with van der Waals surface area (Å²) in [5.41, 5.74) is 0.228. The number of hydrogen-bond donors (Lipinski definition) is 0. The Kier molecular flexibility index (Phi) is 6.82. The Morgan fingerprint density at radius 1 is 1.03 bits per heavy atom. The van der Waals surface area contributed by atoms with Crippen LogP contribution in [0.1, 0.15) is 50.5 Å². The quantitative estimate of drug-likeness (QED) is 0.469. The number of benzene rings is 1. The third kappa shape index (κ3) is 4.30. The standard InChI is InChI=1S/C24H35N3O4/c1-30-17-5-14-27-23(29)26(18-19-8-10-21(31-2)11-9-19)22(28)24(27)12-15-25(16-13-24)20-6-3-4-7-20/h8-11,20H,3-7,12-18H2,1-2H3. The van der Waals surface area contributed by atoms with Crippen molar-refractivity contribution in [1.29, 1.82) is 0 Å². The van der Waals surface area contributed by atoms with Gasteiger partial charge in [0.2, 0.25) is 0 Å². The second-order valence-electron chi connectivity index (χ2n) is 9.03. The van der Waals surface area contributed by atoms with Gasteiger partial charge in [-0.15, -0.1) is 0 Å². The Hall–Kier alpha value is -2.12. The smallest absolute Gasteiger partial charge is 0.327 e. The number of amides is 3. The molecule has 0 unspecified atom stereocenters. The molecule has 3 aliphatic rings. The summed E-state index contributed by atoms with van der Waals surface area (Å²) in [5.74, 6) is 0.733. The number of hydrogen-bond acceptors (Lipinski definition) is 5. The van der Waals surface area contributed by atoms with Crippen molar-refractivity contribution in [3.63, 3.8) is 0 Å². The average molecular weight is 430 g/mol. The Morgan fingerprint density at radius 3 is 2.32 bits per heavy atom. The van der Waals surface area contributed by atoms with Crippen molar-refractivity contribution < 1.29 is 19.1 Å². The minimum Gasteiger partial charge on any atom is -0.497 e. The van der Waals surface area contributed by atoms with Crippen molar-refractivity contribution in [2.75, 3.05) is 40.5 Å². The average Bonchev–Trinajstić information content (AvgIpc) is 3.40. The zero-order valence-corrected chi connectivity index (χ0v) is 18.8. The van der Waals surface area contributed by atoms with E-state index in [0.29, 0.717) is 25.7 Å². The number of methoxy groups -OCH3 is 2. The molecule has 1 aromatic carbocycles. The summed E-state index contributed by atoms with van der Waals surface area (Å²) in [4.78, 5) is 32.9. The van der Waals surface area contributed by atoms with Crippen LogP contribution in [0.25, 0.3) is 0 Å². The molecule has 1 saturated carbocycles. The van der Waals surface area contributed by atoms with Gasteiger partial charge in [-0.3, -0.25) is 9.69 Å². The van der Waals surface area contributed by atoms with Gasteiger partial charge >= 0.3 is 6.03 Å². The molecule has 0 radical (unpaired) electrons. The fourth-order valence-electron chi connectivity index (χ4n) is 5.52. The van der Waals surface area contributed by atoms with Crippen LogP contribution in [0.4, 0.5) is 4.79 Å². The number of nitrogens with zero attached hydrogens (tertiary/aromatic N) is 3. The molecule has 1 aliphatic carbocycles. The maximum atomic E-state index is 13.7. The first kappa shape index (κ1) is 22.1. The van der Waals surface area contributed by atoms with Crippen LogP contribution >= 0.6 is 0 Å². The first-order valence-electron chi connectivity index (χ1n) is 11.6. The number of rotatable bonds is 8. The Balaban J connectivity index is 1.51. The Morgan fingerprint density at radius 2 is 1.71 bits per heavy atom. The third-order valence-electron chi connectivity index (χ3n) is 7.32. The zero-order valence-electron chi connectivity index (χ0n) is 18.8. The van der Waals surface area contributed by atoms with E-state index in [2.05, 4.69) is 4.90 Å².